The van der Waals surface area contributed by atoms with Crippen molar-refractivity contribution in [1.82, 2.24) is 4.31 Å². The van der Waals surface area contributed by atoms with Gasteiger partial charge < -0.3 is 9.47 Å². The standard InChI is InChI=1S/C16H13Cl2NO4S/c17-13-2-1-12(7-14(13)18)24(20,21)19-4-3-10-5-15-16(23-9-22-15)6-11(10)8-19/h1-2,5-7H,3-4,8-9H2. The number of nitrogens with zero attached hydrogens (tertiary/aromatic N) is 1. The Kier molecular flexibility index (Phi) is 3.88. The molecule has 2 aliphatic rings. The van der Waals surface area contributed by atoms with Gasteiger partial charge >= 0.3 is 0 Å². The molecule has 0 radical (unpaired) electrons. The number of benzene rings is 2. The Hall–Kier alpha value is -1.47. The number of ether oxygens (including phenoxy) is 2. The minimum absolute atomic E-state index is 0.140. The average Bonchev–Trinajstić information content (AvgIpc) is 3.01. The van der Waals surface area contributed by atoms with Crippen molar-refractivity contribution in [3.8, 4) is 11.5 Å². The summed E-state index contributed by atoms with van der Waals surface area (Å²) in [5.74, 6) is 1.37. The summed E-state index contributed by atoms with van der Waals surface area (Å²) in [4.78, 5) is 0.140. The molecule has 0 fully saturated rings. The molecule has 0 aliphatic carbocycles. The second kappa shape index (κ2) is 5.81. The molecule has 8 heteroatoms. The number of hydrogen-bond acceptors (Lipinski definition) is 4. The highest BCUT2D eigenvalue weighted by Crippen LogP contribution is 2.37. The smallest absolute Gasteiger partial charge is 0.243 e. The summed E-state index contributed by atoms with van der Waals surface area (Å²) in [5.41, 5.74) is 2.01. The quantitative estimate of drug-likeness (QED) is 0.793. The molecular weight excluding hydrogens is 373 g/mol. The van der Waals surface area contributed by atoms with E-state index < -0.39 is 10.0 Å². The Morgan fingerprint density at radius 1 is 0.958 bits per heavy atom. The van der Waals surface area contributed by atoms with Gasteiger partial charge in [0, 0.05) is 13.1 Å². The molecule has 0 spiro atoms. The van der Waals surface area contributed by atoms with Crippen molar-refractivity contribution in [2.45, 2.75) is 17.9 Å². The summed E-state index contributed by atoms with van der Waals surface area (Å²) in [7, 11) is -3.64. The maximum Gasteiger partial charge on any atom is 0.243 e. The van der Waals surface area contributed by atoms with Gasteiger partial charge in [-0.25, -0.2) is 8.42 Å². The highest BCUT2D eigenvalue weighted by atomic mass is 35.5. The van der Waals surface area contributed by atoms with Gasteiger partial charge in [-0.1, -0.05) is 23.2 Å². The van der Waals surface area contributed by atoms with Crippen LogP contribution >= 0.6 is 23.2 Å². The molecule has 0 aromatic heterocycles. The third-order valence-corrected chi connectivity index (χ3v) is 6.78. The molecular formula is C16H13Cl2NO4S. The Bertz CT molecular complexity index is 930. The fourth-order valence-electron chi connectivity index (χ4n) is 2.91. The lowest BCUT2D eigenvalue weighted by atomic mass is 10.0. The highest BCUT2D eigenvalue weighted by molar-refractivity contribution is 7.89. The van der Waals surface area contributed by atoms with Crippen molar-refractivity contribution < 1.29 is 17.9 Å². The van der Waals surface area contributed by atoms with E-state index in [9.17, 15) is 8.42 Å². The summed E-state index contributed by atoms with van der Waals surface area (Å²) >= 11 is 11.8. The molecule has 0 saturated carbocycles. The van der Waals surface area contributed by atoms with E-state index in [4.69, 9.17) is 32.7 Å². The SMILES string of the molecule is O=S(=O)(c1ccc(Cl)c(Cl)c1)N1CCc2cc3c(cc2C1)OCO3. The monoisotopic (exact) mass is 385 g/mol. The zero-order valence-electron chi connectivity index (χ0n) is 12.5. The number of hydrogen-bond donors (Lipinski definition) is 0. The first kappa shape index (κ1) is 16.0. The molecule has 0 unspecified atom stereocenters. The van der Waals surface area contributed by atoms with Crippen LogP contribution in [0.1, 0.15) is 11.1 Å². The Morgan fingerprint density at radius 2 is 1.67 bits per heavy atom. The van der Waals surface area contributed by atoms with E-state index in [2.05, 4.69) is 0 Å². The summed E-state index contributed by atoms with van der Waals surface area (Å²) in [5, 5.41) is 0.547. The summed E-state index contributed by atoms with van der Waals surface area (Å²) in [6.45, 7) is 0.882. The van der Waals surface area contributed by atoms with Crippen LogP contribution in [0.15, 0.2) is 35.2 Å². The van der Waals surface area contributed by atoms with E-state index >= 15 is 0 Å². The molecule has 0 saturated heterocycles. The maximum atomic E-state index is 12.9. The molecule has 2 aliphatic heterocycles. The third kappa shape index (κ3) is 2.63. The van der Waals surface area contributed by atoms with E-state index in [0.717, 1.165) is 16.9 Å². The van der Waals surface area contributed by atoms with E-state index in [1.165, 1.54) is 22.5 Å². The van der Waals surface area contributed by atoms with E-state index in [1.807, 2.05) is 12.1 Å². The fourth-order valence-corrected chi connectivity index (χ4v) is 4.72. The van der Waals surface area contributed by atoms with Gasteiger partial charge in [-0.05, 0) is 47.9 Å². The fraction of sp³-hybridized carbons (Fsp3) is 0.250. The van der Waals surface area contributed by atoms with Gasteiger partial charge in [0.2, 0.25) is 16.8 Å². The molecule has 0 N–H and O–H groups in total. The first-order valence-electron chi connectivity index (χ1n) is 7.32. The molecule has 2 aromatic carbocycles. The third-order valence-electron chi connectivity index (χ3n) is 4.20. The molecule has 4 rings (SSSR count). The van der Waals surface area contributed by atoms with Crippen LogP contribution in [0.3, 0.4) is 0 Å². The summed E-state index contributed by atoms with van der Waals surface area (Å²) in [6.07, 6.45) is 0.618. The van der Waals surface area contributed by atoms with Crippen molar-refractivity contribution in [2.24, 2.45) is 0 Å². The van der Waals surface area contributed by atoms with Gasteiger partial charge in [0.25, 0.3) is 0 Å². The van der Waals surface area contributed by atoms with Crippen LogP contribution in [0.25, 0.3) is 0 Å². The Labute approximate surface area is 149 Å². The predicted molar refractivity (Wildman–Crippen MR) is 90.3 cm³/mol. The van der Waals surface area contributed by atoms with Crippen molar-refractivity contribution in [3.63, 3.8) is 0 Å². The number of halogens is 2. The normalized spacial score (nSPS) is 16.9. The van der Waals surface area contributed by atoms with E-state index in [-0.39, 0.29) is 23.3 Å². The number of sulfonamides is 1. The lowest BCUT2D eigenvalue weighted by Gasteiger charge is -2.28. The van der Waals surface area contributed by atoms with Crippen molar-refractivity contribution in [1.29, 1.82) is 0 Å². The lowest BCUT2D eigenvalue weighted by Crippen LogP contribution is -2.35. The Balaban J connectivity index is 1.67. The van der Waals surface area contributed by atoms with Crippen LogP contribution in [0.4, 0.5) is 0 Å². The predicted octanol–water partition coefficient (Wildman–Crippen LogP) is 3.47. The van der Waals surface area contributed by atoms with Crippen LogP contribution in [0, 0.1) is 0 Å². The van der Waals surface area contributed by atoms with Crippen LogP contribution in [-0.2, 0) is 23.0 Å². The minimum Gasteiger partial charge on any atom is -0.454 e. The minimum atomic E-state index is -3.64. The van der Waals surface area contributed by atoms with E-state index in [1.54, 1.807) is 0 Å². The first-order valence-corrected chi connectivity index (χ1v) is 9.51. The Morgan fingerprint density at radius 3 is 2.38 bits per heavy atom. The topological polar surface area (TPSA) is 55.8 Å². The summed E-state index contributed by atoms with van der Waals surface area (Å²) < 4.78 is 37.9. The second-order valence-corrected chi connectivity index (χ2v) is 8.39. The van der Waals surface area contributed by atoms with Gasteiger partial charge in [0.05, 0.1) is 14.9 Å². The van der Waals surface area contributed by atoms with Crippen molar-refractivity contribution in [2.75, 3.05) is 13.3 Å². The molecule has 0 atom stereocenters. The molecule has 0 amide bonds. The van der Waals surface area contributed by atoms with Crippen LogP contribution in [0.2, 0.25) is 10.0 Å². The molecule has 2 aromatic rings. The zero-order valence-corrected chi connectivity index (χ0v) is 14.8. The average molecular weight is 386 g/mol. The van der Waals surface area contributed by atoms with Crippen LogP contribution < -0.4 is 9.47 Å². The molecule has 0 bridgehead atoms. The molecule has 2 heterocycles. The van der Waals surface area contributed by atoms with E-state index in [0.29, 0.717) is 23.7 Å². The maximum absolute atomic E-state index is 12.9. The van der Waals surface area contributed by atoms with Gasteiger partial charge in [-0.15, -0.1) is 0 Å². The van der Waals surface area contributed by atoms with Gasteiger partial charge in [0.15, 0.2) is 11.5 Å². The number of rotatable bonds is 2. The lowest BCUT2D eigenvalue weighted by molar-refractivity contribution is 0.174. The van der Waals surface area contributed by atoms with Crippen molar-refractivity contribution in [3.05, 3.63) is 51.5 Å². The van der Waals surface area contributed by atoms with Crippen molar-refractivity contribution >= 4 is 33.2 Å². The molecule has 24 heavy (non-hydrogen) atoms. The van der Waals surface area contributed by atoms with Gasteiger partial charge in [-0.3, -0.25) is 0 Å². The summed E-state index contributed by atoms with van der Waals surface area (Å²) in [6, 6.07) is 8.13. The number of fused-ring (bicyclic) bond motifs is 2. The second-order valence-electron chi connectivity index (χ2n) is 5.64. The van der Waals surface area contributed by atoms with Crippen LogP contribution in [-0.4, -0.2) is 26.1 Å². The largest absolute Gasteiger partial charge is 0.454 e. The highest BCUT2D eigenvalue weighted by Gasteiger charge is 2.30. The molecule has 126 valence electrons. The van der Waals surface area contributed by atoms with Crippen LogP contribution in [0.5, 0.6) is 11.5 Å². The van der Waals surface area contributed by atoms with Gasteiger partial charge in [-0.2, -0.15) is 4.31 Å². The first-order chi connectivity index (χ1) is 11.4. The zero-order chi connectivity index (χ0) is 16.9. The molecule has 5 nitrogen and oxygen atoms in total. The van der Waals surface area contributed by atoms with Gasteiger partial charge in [0.1, 0.15) is 0 Å².